The van der Waals surface area contributed by atoms with Crippen molar-refractivity contribution >= 4 is 29.6 Å². The molecule has 5 nitrogen and oxygen atoms in total. The van der Waals surface area contributed by atoms with E-state index < -0.39 is 23.3 Å². The Morgan fingerprint density at radius 3 is 2.45 bits per heavy atom. The van der Waals surface area contributed by atoms with E-state index in [2.05, 4.69) is 17.2 Å². The second-order valence-corrected chi connectivity index (χ2v) is 5.87. The van der Waals surface area contributed by atoms with Crippen LogP contribution in [0.2, 0.25) is 0 Å². The molecule has 1 N–H and O–H groups in total. The van der Waals surface area contributed by atoms with Crippen LogP contribution in [-0.4, -0.2) is 29.3 Å². The molecule has 0 aromatic carbocycles. The Labute approximate surface area is 146 Å². The predicted molar refractivity (Wildman–Crippen MR) is 75.2 cm³/mol. The summed E-state index contributed by atoms with van der Waals surface area (Å²) in [5.41, 5.74) is -1.14. The number of hydrogen-bond acceptors (Lipinski definition) is 4. The van der Waals surface area contributed by atoms with Crippen molar-refractivity contribution in [1.82, 2.24) is 5.32 Å². The van der Waals surface area contributed by atoms with Gasteiger partial charge < -0.3 is 5.11 Å². The van der Waals surface area contributed by atoms with Gasteiger partial charge in [-0.15, -0.1) is 0 Å². The van der Waals surface area contributed by atoms with E-state index in [1.807, 2.05) is 6.92 Å². The first kappa shape index (κ1) is 20.0. The summed E-state index contributed by atoms with van der Waals surface area (Å²) >= 11 is 1.59. The Morgan fingerprint density at radius 2 is 1.90 bits per heavy atom. The largest absolute Gasteiger partial charge is 1.00 e. The van der Waals surface area contributed by atoms with Crippen LogP contribution in [0.15, 0.2) is 4.99 Å². The summed E-state index contributed by atoms with van der Waals surface area (Å²) in [5, 5.41) is 14.2. The summed E-state index contributed by atoms with van der Waals surface area (Å²) in [6, 6.07) is -0.833. The molecule has 1 aliphatic heterocycles. The summed E-state index contributed by atoms with van der Waals surface area (Å²) in [7, 11) is 0. The van der Waals surface area contributed by atoms with Gasteiger partial charge in [-0.3, -0.25) is 10.1 Å². The van der Waals surface area contributed by atoms with Gasteiger partial charge in [0.2, 0.25) is 5.91 Å². The van der Waals surface area contributed by atoms with Gasteiger partial charge in [-0.25, -0.2) is 9.79 Å². The van der Waals surface area contributed by atoms with Gasteiger partial charge in [0.05, 0.1) is 5.41 Å². The molecule has 0 aromatic heterocycles. The SMILES string of the molecule is CCCCSCC1(CCCC)C(=O)NC(=O)N=C1[O-].[Na+]. The van der Waals surface area contributed by atoms with E-state index in [0.29, 0.717) is 12.2 Å². The molecule has 0 aliphatic carbocycles. The zero-order valence-electron chi connectivity index (χ0n) is 12.5. The molecule has 0 aromatic rings. The fourth-order valence-electron chi connectivity index (χ4n) is 1.93. The van der Waals surface area contributed by atoms with E-state index in [4.69, 9.17) is 0 Å². The second kappa shape index (κ2) is 9.82. The standard InChI is InChI=1S/C13H22N2O3S.Na/c1-3-5-7-13(9-19-8-6-4-2)10(16)14-12(18)15-11(13)17;/h3-9H2,1-2H3,(H2,14,15,16,17,18);/q;+1/p-1. The minimum absolute atomic E-state index is 0. The summed E-state index contributed by atoms with van der Waals surface area (Å²) in [5.74, 6) is 0.279. The maximum atomic E-state index is 12.1. The molecule has 0 saturated carbocycles. The van der Waals surface area contributed by atoms with Crippen LogP contribution in [0.5, 0.6) is 0 Å². The Morgan fingerprint density at radius 1 is 1.25 bits per heavy atom. The first-order valence-corrected chi connectivity index (χ1v) is 7.91. The zero-order valence-corrected chi connectivity index (χ0v) is 15.3. The molecule has 108 valence electrons. The molecule has 0 radical (unpaired) electrons. The molecular weight excluding hydrogens is 287 g/mol. The van der Waals surface area contributed by atoms with Gasteiger partial charge in [0.15, 0.2) is 0 Å². The molecule has 0 bridgehead atoms. The molecule has 0 spiro atoms. The van der Waals surface area contributed by atoms with E-state index in [0.717, 1.165) is 31.4 Å². The topological polar surface area (TPSA) is 81.6 Å². The fourth-order valence-corrected chi connectivity index (χ4v) is 3.32. The van der Waals surface area contributed by atoms with Crippen LogP contribution in [-0.2, 0) is 4.79 Å². The number of nitrogens with one attached hydrogen (secondary N) is 1. The molecule has 1 atom stereocenters. The van der Waals surface area contributed by atoms with Crippen molar-refractivity contribution in [3.05, 3.63) is 0 Å². The number of carbonyl (C=O) groups is 2. The number of urea groups is 1. The van der Waals surface area contributed by atoms with Crippen molar-refractivity contribution < 1.29 is 44.3 Å². The summed E-state index contributed by atoms with van der Waals surface area (Å²) in [6.07, 6.45) is 4.27. The third-order valence-corrected chi connectivity index (χ3v) is 4.49. The van der Waals surface area contributed by atoms with Crippen molar-refractivity contribution in [3.8, 4) is 0 Å². The molecule has 0 fully saturated rings. The number of rotatable bonds is 8. The summed E-state index contributed by atoms with van der Waals surface area (Å²) in [6.45, 7) is 4.10. The molecule has 1 rings (SSSR count). The van der Waals surface area contributed by atoms with Crippen LogP contribution >= 0.6 is 11.8 Å². The third-order valence-electron chi connectivity index (χ3n) is 3.22. The number of aliphatic imine (C=N–C) groups is 1. The smallest absolute Gasteiger partial charge is 0.861 e. The Balaban J connectivity index is 0.00000361. The third kappa shape index (κ3) is 5.06. The number of nitrogens with zero attached hydrogens (tertiary/aromatic N) is 1. The van der Waals surface area contributed by atoms with Crippen LogP contribution < -0.4 is 40.0 Å². The first-order valence-electron chi connectivity index (χ1n) is 6.76. The van der Waals surface area contributed by atoms with E-state index in [1.54, 1.807) is 11.8 Å². The number of unbranched alkanes of at least 4 members (excludes halogenated alkanes) is 2. The average Bonchev–Trinajstić information content (AvgIpc) is 2.36. The van der Waals surface area contributed by atoms with Crippen molar-refractivity contribution in [3.63, 3.8) is 0 Å². The van der Waals surface area contributed by atoms with Crippen LogP contribution in [0.25, 0.3) is 0 Å². The number of amides is 3. The molecule has 1 aliphatic rings. The Hall–Kier alpha value is -0.0400. The minimum Gasteiger partial charge on any atom is -0.861 e. The maximum absolute atomic E-state index is 12.1. The van der Waals surface area contributed by atoms with Crippen LogP contribution in [0.1, 0.15) is 46.0 Å². The number of imide groups is 1. The van der Waals surface area contributed by atoms with E-state index in [-0.39, 0.29) is 29.6 Å². The molecule has 3 amide bonds. The van der Waals surface area contributed by atoms with Crippen molar-refractivity contribution in [2.24, 2.45) is 10.4 Å². The van der Waals surface area contributed by atoms with Crippen LogP contribution in [0, 0.1) is 5.41 Å². The maximum Gasteiger partial charge on any atom is 1.00 e. The van der Waals surface area contributed by atoms with Gasteiger partial charge in [0.25, 0.3) is 0 Å². The van der Waals surface area contributed by atoms with E-state index >= 15 is 0 Å². The normalized spacial score (nSPS) is 22.0. The molecule has 7 heteroatoms. The Bertz CT molecular complexity index is 377. The Kier molecular flexibility index (Phi) is 9.80. The first-order chi connectivity index (χ1) is 9.06. The van der Waals surface area contributed by atoms with E-state index in [1.165, 1.54) is 0 Å². The van der Waals surface area contributed by atoms with Crippen molar-refractivity contribution in [2.45, 2.75) is 46.0 Å². The number of thioether (sulfide) groups is 1. The average molecular weight is 308 g/mol. The molecule has 0 saturated heterocycles. The second-order valence-electron chi connectivity index (χ2n) is 4.77. The molecule has 1 heterocycles. The molecule has 20 heavy (non-hydrogen) atoms. The summed E-state index contributed by atoms with van der Waals surface area (Å²) < 4.78 is 0. The number of carbonyl (C=O) groups excluding carboxylic acids is 2. The van der Waals surface area contributed by atoms with Crippen LogP contribution in [0.3, 0.4) is 0 Å². The monoisotopic (exact) mass is 308 g/mol. The fraction of sp³-hybridized carbons (Fsp3) is 0.769. The van der Waals surface area contributed by atoms with Gasteiger partial charge >= 0.3 is 35.6 Å². The van der Waals surface area contributed by atoms with Gasteiger partial charge in [-0.1, -0.05) is 33.1 Å². The van der Waals surface area contributed by atoms with Gasteiger partial charge in [-0.05, 0) is 24.5 Å². The minimum atomic E-state index is -1.14. The van der Waals surface area contributed by atoms with Gasteiger partial charge in [0.1, 0.15) is 0 Å². The molecule has 1 unspecified atom stereocenters. The van der Waals surface area contributed by atoms with Gasteiger partial charge in [0, 0.05) is 5.75 Å². The zero-order chi connectivity index (χ0) is 14.3. The van der Waals surface area contributed by atoms with Crippen molar-refractivity contribution in [2.75, 3.05) is 11.5 Å². The molecular formula is C13H21N2NaO3S. The van der Waals surface area contributed by atoms with Crippen molar-refractivity contribution in [1.29, 1.82) is 0 Å². The number of hydrogen-bond donors (Lipinski definition) is 1. The van der Waals surface area contributed by atoms with Gasteiger partial charge in [-0.2, -0.15) is 11.8 Å². The summed E-state index contributed by atoms with van der Waals surface area (Å²) in [4.78, 5) is 26.6. The quantitative estimate of drug-likeness (QED) is 0.447. The predicted octanol–water partition coefficient (Wildman–Crippen LogP) is -1.29. The van der Waals surface area contributed by atoms with E-state index in [9.17, 15) is 14.7 Å². The van der Waals surface area contributed by atoms with Crippen LogP contribution in [0.4, 0.5) is 4.79 Å².